The Bertz CT molecular complexity index is 1040. The van der Waals surface area contributed by atoms with Gasteiger partial charge >= 0.3 is 12.3 Å². The van der Waals surface area contributed by atoms with Crippen LogP contribution >= 0.6 is 0 Å². The molecule has 0 bridgehead atoms. The molecular weight excluding hydrogens is 484 g/mol. The Kier molecular flexibility index (Phi) is 12.9. The molecule has 0 saturated carbocycles. The quantitative estimate of drug-likeness (QED) is 0.277. The van der Waals surface area contributed by atoms with Crippen LogP contribution in [0.25, 0.3) is 0 Å². The predicted molar refractivity (Wildman–Crippen MR) is 127 cm³/mol. The van der Waals surface area contributed by atoms with Crippen molar-refractivity contribution in [2.24, 2.45) is 0 Å². The molecule has 0 aromatic heterocycles. The second-order valence-electron chi connectivity index (χ2n) is 7.88. The van der Waals surface area contributed by atoms with E-state index >= 15 is 0 Å². The van der Waals surface area contributed by atoms with E-state index in [0.717, 1.165) is 24.3 Å². The first-order valence-corrected chi connectivity index (χ1v) is 10.9. The second kappa shape index (κ2) is 15.1. The second-order valence-corrected chi connectivity index (χ2v) is 7.88. The third-order valence-electron chi connectivity index (χ3n) is 4.78. The number of hydrogen-bond acceptors (Lipinski definition) is 3. The number of alkyl halides is 4. The zero-order valence-electron chi connectivity index (χ0n) is 20.1. The van der Waals surface area contributed by atoms with Crippen LogP contribution < -0.4 is 5.32 Å². The molecule has 0 radical (unpaired) electrons. The zero-order valence-corrected chi connectivity index (χ0v) is 20.1. The fourth-order valence-electron chi connectivity index (χ4n) is 2.95. The maximum atomic E-state index is 13.6. The predicted octanol–water partition coefficient (Wildman–Crippen LogP) is 6.58. The maximum Gasteiger partial charge on any atom is 0.332 e. The molecule has 0 aliphatic rings. The Balaban J connectivity index is 0.000000406. The monoisotopic (exact) mass is 513 g/mol. The van der Waals surface area contributed by atoms with E-state index in [4.69, 9.17) is 5.11 Å². The van der Waals surface area contributed by atoms with E-state index in [0.29, 0.717) is 17.9 Å². The molecule has 2 N–H and O–H groups in total. The van der Waals surface area contributed by atoms with Crippen LogP contribution in [0.15, 0.2) is 72.8 Å². The van der Waals surface area contributed by atoms with Crippen molar-refractivity contribution in [3.05, 3.63) is 107 Å². The van der Waals surface area contributed by atoms with Crippen molar-refractivity contribution in [3.63, 3.8) is 0 Å². The summed E-state index contributed by atoms with van der Waals surface area (Å²) in [6.45, 7) is 3.66. The molecule has 0 aliphatic heterocycles. The van der Waals surface area contributed by atoms with Gasteiger partial charge in [-0.15, -0.1) is 0 Å². The molecule has 0 saturated heterocycles. The van der Waals surface area contributed by atoms with Gasteiger partial charge in [-0.2, -0.15) is 8.78 Å². The molecule has 0 fully saturated rings. The fraction of sp³-hybridized carbons (Fsp3) is 0.296. The van der Waals surface area contributed by atoms with Gasteiger partial charge in [0.1, 0.15) is 17.9 Å². The van der Waals surface area contributed by atoms with Gasteiger partial charge in [0, 0.05) is 12.0 Å². The number of halogens is 6. The third kappa shape index (κ3) is 10.2. The van der Waals surface area contributed by atoms with E-state index < -0.39 is 41.7 Å². The average molecular weight is 514 g/mol. The molecule has 2 atom stereocenters. The maximum absolute atomic E-state index is 13.6. The highest BCUT2D eigenvalue weighted by atomic mass is 19.3. The summed E-state index contributed by atoms with van der Waals surface area (Å²) in [5.74, 6) is -6.01. The molecule has 3 rings (SSSR count). The van der Waals surface area contributed by atoms with Crippen LogP contribution in [-0.4, -0.2) is 31.0 Å². The van der Waals surface area contributed by atoms with E-state index in [9.17, 15) is 31.1 Å². The molecule has 36 heavy (non-hydrogen) atoms. The number of carbonyl (C=O) groups is 1. The Morgan fingerprint density at radius 3 is 1.89 bits per heavy atom. The van der Waals surface area contributed by atoms with E-state index in [-0.39, 0.29) is 12.0 Å². The van der Waals surface area contributed by atoms with Gasteiger partial charge in [0.25, 0.3) is 0 Å². The summed E-state index contributed by atoms with van der Waals surface area (Å²) in [4.78, 5) is 9.46. The summed E-state index contributed by atoms with van der Waals surface area (Å²) in [6.07, 6.45) is -3.47. The van der Waals surface area contributed by atoms with Crippen LogP contribution in [0, 0.1) is 18.6 Å². The molecule has 3 aromatic rings. The van der Waals surface area contributed by atoms with Gasteiger partial charge in [-0.05, 0) is 62.4 Å². The Morgan fingerprint density at radius 2 is 1.50 bits per heavy atom. The summed E-state index contributed by atoms with van der Waals surface area (Å²) in [5.41, 5.74) is 0.729. The van der Waals surface area contributed by atoms with Gasteiger partial charge in [0.15, 0.2) is 0 Å². The number of aliphatic hydroxyl groups is 1. The molecule has 3 aromatic carbocycles. The lowest BCUT2D eigenvalue weighted by Crippen LogP contribution is -2.25. The SMILES string of the molecule is CC(O)CC=O.CNC(c1ccc(F)cc1)c1cc(F)cc(C(F)(F)C(F)F)c1.Cc1ccccc1. The van der Waals surface area contributed by atoms with Crippen molar-refractivity contribution >= 4 is 6.29 Å². The number of benzene rings is 3. The van der Waals surface area contributed by atoms with Crippen molar-refractivity contribution in [2.75, 3.05) is 7.05 Å². The number of rotatable bonds is 7. The number of aryl methyl sites for hydroxylation is 1. The first-order chi connectivity index (χ1) is 16.9. The van der Waals surface area contributed by atoms with E-state index in [2.05, 4.69) is 24.4 Å². The summed E-state index contributed by atoms with van der Waals surface area (Å²) in [5, 5.41) is 11.1. The third-order valence-corrected chi connectivity index (χ3v) is 4.78. The highest BCUT2D eigenvalue weighted by Gasteiger charge is 2.43. The lowest BCUT2D eigenvalue weighted by molar-refractivity contribution is -0.135. The van der Waals surface area contributed by atoms with Gasteiger partial charge in [0.2, 0.25) is 0 Å². The normalized spacial score (nSPS) is 12.5. The Hall–Kier alpha value is -3.17. The van der Waals surface area contributed by atoms with Gasteiger partial charge in [-0.25, -0.2) is 17.6 Å². The van der Waals surface area contributed by atoms with Crippen molar-refractivity contribution in [2.45, 2.75) is 44.8 Å². The van der Waals surface area contributed by atoms with E-state index in [1.807, 2.05) is 18.2 Å². The average Bonchev–Trinajstić information content (AvgIpc) is 2.81. The highest BCUT2D eigenvalue weighted by molar-refractivity contribution is 5.49. The first kappa shape index (κ1) is 30.9. The van der Waals surface area contributed by atoms with Crippen LogP contribution in [0.2, 0.25) is 0 Å². The Labute approximate surface area is 206 Å². The van der Waals surface area contributed by atoms with Gasteiger partial charge < -0.3 is 15.2 Å². The van der Waals surface area contributed by atoms with Gasteiger partial charge in [-0.1, -0.05) is 48.0 Å². The summed E-state index contributed by atoms with van der Waals surface area (Å²) in [7, 11) is 1.49. The van der Waals surface area contributed by atoms with Crippen molar-refractivity contribution in [1.82, 2.24) is 5.32 Å². The smallest absolute Gasteiger partial charge is 0.332 e. The number of nitrogens with one attached hydrogen (secondary N) is 1. The van der Waals surface area contributed by atoms with Crippen LogP contribution in [0.5, 0.6) is 0 Å². The van der Waals surface area contributed by atoms with Crippen molar-refractivity contribution in [3.8, 4) is 0 Å². The topological polar surface area (TPSA) is 49.3 Å². The molecule has 0 aliphatic carbocycles. The lowest BCUT2D eigenvalue weighted by atomic mass is 9.95. The minimum Gasteiger partial charge on any atom is -0.393 e. The molecule has 0 amide bonds. The number of hydrogen-bond donors (Lipinski definition) is 2. The van der Waals surface area contributed by atoms with Gasteiger partial charge in [0.05, 0.1) is 12.1 Å². The molecular formula is C27H29F6NO2. The molecule has 9 heteroatoms. The summed E-state index contributed by atoms with van der Waals surface area (Å²) < 4.78 is 78.5. The zero-order chi connectivity index (χ0) is 27.3. The lowest BCUT2D eigenvalue weighted by Gasteiger charge is -2.21. The van der Waals surface area contributed by atoms with Crippen molar-refractivity contribution < 1.29 is 36.2 Å². The molecule has 2 unspecified atom stereocenters. The first-order valence-electron chi connectivity index (χ1n) is 10.9. The molecule has 0 heterocycles. The van der Waals surface area contributed by atoms with Crippen molar-refractivity contribution in [1.29, 1.82) is 0 Å². The van der Waals surface area contributed by atoms with Crippen LogP contribution in [0.1, 0.15) is 41.6 Å². The molecule has 0 spiro atoms. The highest BCUT2D eigenvalue weighted by Crippen LogP contribution is 2.36. The van der Waals surface area contributed by atoms with Crippen LogP contribution in [0.4, 0.5) is 26.3 Å². The number of carbonyl (C=O) groups excluding carboxylic acids is 1. The fourth-order valence-corrected chi connectivity index (χ4v) is 2.95. The van der Waals surface area contributed by atoms with E-state index in [1.165, 1.54) is 24.7 Å². The molecule has 196 valence electrons. The minimum absolute atomic E-state index is 0.0365. The van der Waals surface area contributed by atoms with E-state index in [1.54, 1.807) is 6.92 Å². The minimum atomic E-state index is -4.46. The largest absolute Gasteiger partial charge is 0.393 e. The standard InChI is InChI=1S/C16H13F6N.C7H8.C4H8O2/c1-23-14(9-2-4-12(17)5-3-9)10-6-11(8-13(18)7-10)16(21,22)15(19)20;1-7-5-3-2-4-6-7;1-4(6)2-3-5/h2-8,14-15,23H,1H3;2-6H,1H3;3-4,6H,2H2,1H3. The summed E-state index contributed by atoms with van der Waals surface area (Å²) in [6, 6.07) is 16.8. The number of aldehydes is 1. The van der Waals surface area contributed by atoms with Crippen LogP contribution in [0.3, 0.4) is 0 Å². The Morgan fingerprint density at radius 1 is 0.917 bits per heavy atom. The van der Waals surface area contributed by atoms with Crippen LogP contribution in [-0.2, 0) is 10.7 Å². The van der Waals surface area contributed by atoms with Gasteiger partial charge in [-0.3, -0.25) is 0 Å². The number of aliphatic hydroxyl groups excluding tert-OH is 1. The molecule has 3 nitrogen and oxygen atoms in total. The summed E-state index contributed by atoms with van der Waals surface area (Å²) >= 11 is 0.